The summed E-state index contributed by atoms with van der Waals surface area (Å²) < 4.78 is 15.8. The number of aromatic nitrogens is 3. The molecule has 0 atom stereocenters. The molecule has 0 spiro atoms. The van der Waals surface area contributed by atoms with Crippen LogP contribution < -0.4 is 0 Å². The van der Waals surface area contributed by atoms with E-state index in [1.165, 1.54) is 28.3 Å². The van der Waals surface area contributed by atoms with Gasteiger partial charge >= 0.3 is 0 Å². The van der Waals surface area contributed by atoms with E-state index in [0.717, 1.165) is 16.5 Å². The van der Waals surface area contributed by atoms with Gasteiger partial charge in [-0.3, -0.25) is 4.57 Å². The Labute approximate surface area is 149 Å². The van der Waals surface area contributed by atoms with Gasteiger partial charge in [0, 0.05) is 28.1 Å². The van der Waals surface area contributed by atoms with E-state index in [1.54, 1.807) is 23.5 Å². The first-order valence-electron chi connectivity index (χ1n) is 7.57. The minimum absolute atomic E-state index is 0.190. The largest absolute Gasteiger partial charge is 0.298 e. The fourth-order valence-electron chi connectivity index (χ4n) is 2.38. The standard InChI is InChI=1S/C18H18FN3S2/c1-4-9-22-17(15-11-23-13(3)12(15)2)20-21-18(22)24-10-14-7-5-6-8-16(14)19/h4-8,11H,1,9-10H2,2-3H3. The molecular formula is C18H18FN3S2. The van der Waals surface area contributed by atoms with Gasteiger partial charge in [0.05, 0.1) is 0 Å². The van der Waals surface area contributed by atoms with Gasteiger partial charge in [-0.25, -0.2) is 4.39 Å². The van der Waals surface area contributed by atoms with Crippen molar-refractivity contribution in [2.45, 2.75) is 31.3 Å². The summed E-state index contributed by atoms with van der Waals surface area (Å²) in [7, 11) is 0. The van der Waals surface area contributed by atoms with E-state index in [0.29, 0.717) is 17.9 Å². The molecule has 0 saturated carbocycles. The molecule has 24 heavy (non-hydrogen) atoms. The smallest absolute Gasteiger partial charge is 0.192 e. The lowest BCUT2D eigenvalue weighted by Gasteiger charge is -2.08. The van der Waals surface area contributed by atoms with Crippen LogP contribution >= 0.6 is 23.1 Å². The van der Waals surface area contributed by atoms with E-state index in [-0.39, 0.29) is 5.82 Å². The second kappa shape index (κ2) is 7.32. The minimum Gasteiger partial charge on any atom is -0.298 e. The Morgan fingerprint density at radius 1 is 1.29 bits per heavy atom. The van der Waals surface area contributed by atoms with Gasteiger partial charge < -0.3 is 0 Å². The topological polar surface area (TPSA) is 30.7 Å². The zero-order valence-electron chi connectivity index (χ0n) is 13.6. The van der Waals surface area contributed by atoms with Gasteiger partial charge in [0.1, 0.15) is 5.82 Å². The summed E-state index contributed by atoms with van der Waals surface area (Å²) in [5, 5.41) is 11.6. The van der Waals surface area contributed by atoms with Crippen LogP contribution in [0.5, 0.6) is 0 Å². The molecule has 0 aliphatic carbocycles. The van der Waals surface area contributed by atoms with Crippen molar-refractivity contribution in [1.82, 2.24) is 14.8 Å². The molecule has 0 aliphatic rings. The second-order valence-electron chi connectivity index (χ2n) is 5.42. The third-order valence-electron chi connectivity index (χ3n) is 3.87. The predicted molar refractivity (Wildman–Crippen MR) is 99.0 cm³/mol. The summed E-state index contributed by atoms with van der Waals surface area (Å²) in [6.45, 7) is 8.65. The number of rotatable bonds is 6. The number of benzene rings is 1. The van der Waals surface area contributed by atoms with E-state index in [4.69, 9.17) is 0 Å². The molecule has 0 fully saturated rings. The van der Waals surface area contributed by atoms with Crippen molar-refractivity contribution in [1.29, 1.82) is 0 Å². The molecule has 6 heteroatoms. The minimum atomic E-state index is -0.190. The highest BCUT2D eigenvalue weighted by atomic mass is 32.2. The third kappa shape index (κ3) is 3.30. The van der Waals surface area contributed by atoms with Crippen LogP contribution in [0.4, 0.5) is 4.39 Å². The van der Waals surface area contributed by atoms with Crippen molar-refractivity contribution in [3.63, 3.8) is 0 Å². The molecule has 3 nitrogen and oxygen atoms in total. The van der Waals surface area contributed by atoms with Gasteiger partial charge in [0.25, 0.3) is 0 Å². The van der Waals surface area contributed by atoms with Crippen LogP contribution in [0.1, 0.15) is 16.0 Å². The Bertz CT molecular complexity index is 867. The molecule has 0 aliphatic heterocycles. The maximum absolute atomic E-state index is 13.8. The molecular weight excluding hydrogens is 341 g/mol. The average Bonchev–Trinajstić information content (AvgIpc) is 3.11. The molecule has 124 valence electrons. The van der Waals surface area contributed by atoms with Gasteiger partial charge in [-0.2, -0.15) is 0 Å². The predicted octanol–water partition coefficient (Wildman–Crippen LogP) is 5.24. The maximum Gasteiger partial charge on any atom is 0.192 e. The normalized spacial score (nSPS) is 11.0. The lowest BCUT2D eigenvalue weighted by molar-refractivity contribution is 0.617. The SMILES string of the molecule is C=CCn1c(SCc2ccccc2F)nnc1-c1csc(C)c1C. The van der Waals surface area contributed by atoms with Crippen molar-refractivity contribution in [3.8, 4) is 11.4 Å². The van der Waals surface area contributed by atoms with E-state index in [2.05, 4.69) is 36.0 Å². The second-order valence-corrected chi connectivity index (χ2v) is 7.44. The molecule has 2 heterocycles. The molecule has 3 aromatic rings. The van der Waals surface area contributed by atoms with Gasteiger partial charge in [-0.05, 0) is 31.0 Å². The first kappa shape index (κ1) is 16.9. The third-order valence-corrected chi connectivity index (χ3v) is 5.90. The highest BCUT2D eigenvalue weighted by Gasteiger charge is 2.17. The molecule has 0 radical (unpaired) electrons. The number of nitrogens with zero attached hydrogens (tertiary/aromatic N) is 3. The monoisotopic (exact) mass is 359 g/mol. The molecule has 1 aromatic carbocycles. The number of halogens is 1. The fourth-order valence-corrected chi connectivity index (χ4v) is 4.18. The van der Waals surface area contributed by atoms with Crippen molar-refractivity contribution in [3.05, 3.63) is 64.1 Å². The summed E-state index contributed by atoms with van der Waals surface area (Å²) in [6, 6.07) is 6.82. The van der Waals surface area contributed by atoms with E-state index in [1.807, 2.05) is 16.7 Å². The molecule has 0 N–H and O–H groups in total. The quantitative estimate of drug-likeness (QED) is 0.445. The van der Waals surface area contributed by atoms with Crippen LogP contribution in [-0.2, 0) is 12.3 Å². The van der Waals surface area contributed by atoms with Crippen LogP contribution in [0, 0.1) is 19.7 Å². The van der Waals surface area contributed by atoms with Gasteiger partial charge in [-0.15, -0.1) is 28.1 Å². The van der Waals surface area contributed by atoms with Crippen LogP contribution in [-0.4, -0.2) is 14.8 Å². The van der Waals surface area contributed by atoms with Crippen LogP contribution in [0.2, 0.25) is 0 Å². The number of thioether (sulfide) groups is 1. The Hall–Kier alpha value is -1.92. The van der Waals surface area contributed by atoms with E-state index < -0.39 is 0 Å². The molecule has 0 unspecified atom stereocenters. The number of allylic oxidation sites excluding steroid dienone is 1. The average molecular weight is 359 g/mol. The zero-order chi connectivity index (χ0) is 17.1. The molecule has 2 aromatic heterocycles. The van der Waals surface area contributed by atoms with Crippen molar-refractivity contribution < 1.29 is 4.39 Å². The molecule has 3 rings (SSSR count). The summed E-state index contributed by atoms with van der Waals surface area (Å²) in [4.78, 5) is 1.28. The van der Waals surface area contributed by atoms with E-state index in [9.17, 15) is 4.39 Å². The van der Waals surface area contributed by atoms with Crippen molar-refractivity contribution in [2.75, 3.05) is 0 Å². The zero-order valence-corrected chi connectivity index (χ0v) is 15.3. The fraction of sp³-hybridized carbons (Fsp3) is 0.222. The van der Waals surface area contributed by atoms with Gasteiger partial charge in [0.2, 0.25) is 0 Å². The van der Waals surface area contributed by atoms with Crippen LogP contribution in [0.15, 0.2) is 47.5 Å². The molecule has 0 amide bonds. The van der Waals surface area contributed by atoms with Crippen LogP contribution in [0.3, 0.4) is 0 Å². The Kier molecular flexibility index (Phi) is 5.16. The van der Waals surface area contributed by atoms with Gasteiger partial charge in [-0.1, -0.05) is 36.0 Å². The van der Waals surface area contributed by atoms with Crippen molar-refractivity contribution in [2.24, 2.45) is 0 Å². The lowest BCUT2D eigenvalue weighted by atomic mass is 10.1. The number of thiophene rings is 1. The number of hydrogen-bond donors (Lipinski definition) is 0. The summed E-state index contributed by atoms with van der Waals surface area (Å²) in [6.07, 6.45) is 1.83. The van der Waals surface area contributed by atoms with E-state index >= 15 is 0 Å². The summed E-state index contributed by atoms with van der Waals surface area (Å²) in [5.41, 5.74) is 2.99. The van der Waals surface area contributed by atoms with Crippen LogP contribution in [0.25, 0.3) is 11.4 Å². The Morgan fingerprint density at radius 3 is 2.75 bits per heavy atom. The molecule has 0 saturated heterocycles. The Morgan fingerprint density at radius 2 is 2.08 bits per heavy atom. The lowest BCUT2D eigenvalue weighted by Crippen LogP contribution is -2.01. The first-order chi connectivity index (χ1) is 11.6. The highest BCUT2D eigenvalue weighted by molar-refractivity contribution is 7.98. The summed E-state index contributed by atoms with van der Waals surface area (Å²) in [5.74, 6) is 1.17. The first-order valence-corrected chi connectivity index (χ1v) is 9.43. The molecule has 0 bridgehead atoms. The highest BCUT2D eigenvalue weighted by Crippen LogP contribution is 2.32. The number of aryl methyl sites for hydroxylation is 1. The maximum atomic E-state index is 13.8. The van der Waals surface area contributed by atoms with Gasteiger partial charge in [0.15, 0.2) is 11.0 Å². The number of hydrogen-bond acceptors (Lipinski definition) is 4. The Balaban J connectivity index is 1.90. The summed E-state index contributed by atoms with van der Waals surface area (Å²) >= 11 is 3.20. The van der Waals surface area contributed by atoms with Crippen molar-refractivity contribution >= 4 is 23.1 Å².